The summed E-state index contributed by atoms with van der Waals surface area (Å²) in [5.41, 5.74) is 0.737. The first-order chi connectivity index (χ1) is 9.86. The minimum Gasteiger partial charge on any atom is -0.313 e. The van der Waals surface area contributed by atoms with Gasteiger partial charge in [0, 0.05) is 25.2 Å². The van der Waals surface area contributed by atoms with Crippen LogP contribution in [0.25, 0.3) is 0 Å². The molecular weight excluding hydrogens is 331 g/mol. The van der Waals surface area contributed by atoms with Gasteiger partial charge in [0.1, 0.15) is 4.90 Å². The van der Waals surface area contributed by atoms with Gasteiger partial charge in [-0.1, -0.05) is 30.1 Å². The molecule has 118 valence electrons. The third kappa shape index (κ3) is 4.11. The van der Waals surface area contributed by atoms with Crippen molar-refractivity contribution < 1.29 is 8.42 Å². The highest BCUT2D eigenvalue weighted by Crippen LogP contribution is 2.34. The van der Waals surface area contributed by atoms with Crippen molar-refractivity contribution in [3.05, 3.63) is 27.7 Å². The Kier molecular flexibility index (Phi) is 5.54. The summed E-state index contributed by atoms with van der Waals surface area (Å²) in [6.07, 6.45) is 2.19. The summed E-state index contributed by atoms with van der Waals surface area (Å²) in [4.78, 5) is 0.129. The van der Waals surface area contributed by atoms with Crippen LogP contribution in [-0.2, 0) is 16.6 Å². The van der Waals surface area contributed by atoms with Gasteiger partial charge >= 0.3 is 0 Å². The summed E-state index contributed by atoms with van der Waals surface area (Å²) < 4.78 is 26.6. The van der Waals surface area contributed by atoms with Crippen molar-refractivity contribution in [2.75, 3.05) is 20.1 Å². The summed E-state index contributed by atoms with van der Waals surface area (Å²) >= 11 is 12.2. The van der Waals surface area contributed by atoms with E-state index in [4.69, 9.17) is 23.2 Å². The lowest BCUT2D eigenvalue weighted by molar-refractivity contribution is 0.453. The Morgan fingerprint density at radius 2 is 1.95 bits per heavy atom. The van der Waals surface area contributed by atoms with Gasteiger partial charge in [0.15, 0.2) is 0 Å². The highest BCUT2D eigenvalue weighted by molar-refractivity contribution is 7.89. The fraction of sp³-hybridized carbons (Fsp3) is 0.571. The van der Waals surface area contributed by atoms with Crippen molar-refractivity contribution in [3.8, 4) is 0 Å². The first-order valence-electron chi connectivity index (χ1n) is 7.01. The van der Waals surface area contributed by atoms with Crippen LogP contribution in [-0.4, -0.2) is 32.9 Å². The zero-order chi connectivity index (χ0) is 15.6. The second-order valence-electron chi connectivity index (χ2n) is 5.38. The van der Waals surface area contributed by atoms with Crippen LogP contribution in [0.1, 0.15) is 25.3 Å². The molecule has 1 fully saturated rings. The Balaban J connectivity index is 2.32. The molecule has 1 aliphatic carbocycles. The summed E-state index contributed by atoms with van der Waals surface area (Å²) in [6, 6.07) is 3.08. The summed E-state index contributed by atoms with van der Waals surface area (Å²) in [5, 5.41) is 3.78. The highest BCUT2D eigenvalue weighted by Gasteiger charge is 2.30. The van der Waals surface area contributed by atoms with Crippen LogP contribution >= 0.6 is 23.2 Å². The van der Waals surface area contributed by atoms with Crippen LogP contribution in [0.4, 0.5) is 0 Å². The summed E-state index contributed by atoms with van der Waals surface area (Å²) in [5.74, 6) is 0.483. The minimum absolute atomic E-state index is 0.129. The van der Waals surface area contributed by atoms with E-state index in [-0.39, 0.29) is 9.92 Å². The average Bonchev–Trinajstić information content (AvgIpc) is 3.21. The molecule has 0 amide bonds. The third-order valence-electron chi connectivity index (χ3n) is 3.57. The van der Waals surface area contributed by atoms with E-state index in [2.05, 4.69) is 5.32 Å². The maximum atomic E-state index is 12.6. The Morgan fingerprint density at radius 3 is 2.52 bits per heavy atom. The van der Waals surface area contributed by atoms with E-state index in [1.807, 2.05) is 6.92 Å². The molecule has 1 saturated carbocycles. The molecule has 1 aromatic carbocycles. The number of hydrogen-bond acceptors (Lipinski definition) is 3. The van der Waals surface area contributed by atoms with Gasteiger partial charge in [0.2, 0.25) is 10.0 Å². The van der Waals surface area contributed by atoms with Crippen molar-refractivity contribution in [2.24, 2.45) is 5.92 Å². The normalized spacial score (nSPS) is 15.7. The predicted molar refractivity (Wildman–Crippen MR) is 86.4 cm³/mol. The average molecular weight is 351 g/mol. The Hall–Kier alpha value is -0.330. The molecule has 2 rings (SSSR count). The van der Waals surface area contributed by atoms with E-state index in [0.717, 1.165) is 24.9 Å². The molecule has 1 aliphatic rings. The first kappa shape index (κ1) is 17.0. The van der Waals surface area contributed by atoms with Gasteiger partial charge in [0.25, 0.3) is 0 Å². The Morgan fingerprint density at radius 1 is 1.29 bits per heavy atom. The first-order valence-corrected chi connectivity index (χ1v) is 9.20. The van der Waals surface area contributed by atoms with E-state index in [9.17, 15) is 8.42 Å². The van der Waals surface area contributed by atoms with Crippen LogP contribution in [0.5, 0.6) is 0 Å². The molecule has 0 spiro atoms. The summed E-state index contributed by atoms with van der Waals surface area (Å²) in [6.45, 7) is 3.82. The largest absolute Gasteiger partial charge is 0.313 e. The van der Waals surface area contributed by atoms with Gasteiger partial charge in [-0.2, -0.15) is 0 Å². The predicted octanol–water partition coefficient (Wildman–Crippen LogP) is 3.13. The van der Waals surface area contributed by atoms with Gasteiger partial charge in [-0.15, -0.1) is 0 Å². The monoisotopic (exact) mass is 350 g/mol. The zero-order valence-electron chi connectivity index (χ0n) is 12.2. The van der Waals surface area contributed by atoms with Gasteiger partial charge in [-0.3, -0.25) is 0 Å². The SMILES string of the molecule is CCNCc1cc(S(=O)(=O)N(C)CC2CC2)c(Cl)cc1Cl. The smallest absolute Gasteiger partial charge is 0.244 e. The van der Waals surface area contributed by atoms with Crippen LogP contribution in [0, 0.1) is 5.92 Å². The fourth-order valence-corrected chi connectivity index (χ4v) is 4.18. The molecule has 7 heteroatoms. The number of nitrogens with zero attached hydrogens (tertiary/aromatic N) is 1. The van der Waals surface area contributed by atoms with E-state index >= 15 is 0 Å². The van der Waals surface area contributed by atoms with Crippen molar-refractivity contribution >= 4 is 33.2 Å². The van der Waals surface area contributed by atoms with Gasteiger partial charge in [0.05, 0.1) is 5.02 Å². The number of benzene rings is 1. The molecule has 21 heavy (non-hydrogen) atoms. The van der Waals surface area contributed by atoms with E-state index in [0.29, 0.717) is 24.0 Å². The van der Waals surface area contributed by atoms with Crippen LogP contribution in [0.15, 0.2) is 17.0 Å². The lowest BCUT2D eigenvalue weighted by atomic mass is 10.2. The third-order valence-corrected chi connectivity index (χ3v) is 6.21. The summed E-state index contributed by atoms with van der Waals surface area (Å²) in [7, 11) is -1.97. The van der Waals surface area contributed by atoms with Crippen molar-refractivity contribution in [1.82, 2.24) is 9.62 Å². The molecule has 1 aromatic rings. The molecule has 0 bridgehead atoms. The lowest BCUT2D eigenvalue weighted by Gasteiger charge is -2.19. The lowest BCUT2D eigenvalue weighted by Crippen LogP contribution is -2.29. The minimum atomic E-state index is -3.57. The second-order valence-corrected chi connectivity index (χ2v) is 8.21. The van der Waals surface area contributed by atoms with E-state index in [1.165, 1.54) is 10.4 Å². The molecule has 0 saturated heterocycles. The van der Waals surface area contributed by atoms with Crippen LogP contribution in [0.2, 0.25) is 10.0 Å². The number of halogens is 2. The molecular formula is C14H20Cl2N2O2S. The molecule has 0 aromatic heterocycles. The molecule has 4 nitrogen and oxygen atoms in total. The topological polar surface area (TPSA) is 49.4 Å². The Labute approximate surface area is 136 Å². The van der Waals surface area contributed by atoms with Gasteiger partial charge < -0.3 is 5.32 Å². The molecule has 0 heterocycles. The second kappa shape index (κ2) is 6.84. The van der Waals surface area contributed by atoms with E-state index in [1.54, 1.807) is 13.1 Å². The fourth-order valence-electron chi connectivity index (χ4n) is 2.09. The van der Waals surface area contributed by atoms with Crippen molar-refractivity contribution in [3.63, 3.8) is 0 Å². The highest BCUT2D eigenvalue weighted by atomic mass is 35.5. The van der Waals surface area contributed by atoms with Crippen LogP contribution in [0.3, 0.4) is 0 Å². The number of hydrogen-bond donors (Lipinski definition) is 1. The molecule has 0 atom stereocenters. The maximum Gasteiger partial charge on any atom is 0.244 e. The maximum absolute atomic E-state index is 12.6. The number of sulfonamides is 1. The van der Waals surface area contributed by atoms with E-state index < -0.39 is 10.0 Å². The number of rotatable bonds is 7. The van der Waals surface area contributed by atoms with Crippen LogP contribution < -0.4 is 5.32 Å². The molecule has 0 radical (unpaired) electrons. The standard InChI is InChI=1S/C14H20Cl2N2O2S/c1-3-17-8-11-6-14(13(16)7-12(11)15)21(19,20)18(2)9-10-4-5-10/h6-7,10,17H,3-5,8-9H2,1-2H3. The van der Waals surface area contributed by atoms with Gasteiger partial charge in [-0.05, 0) is 43.0 Å². The zero-order valence-corrected chi connectivity index (χ0v) is 14.5. The molecule has 0 unspecified atom stereocenters. The van der Waals surface area contributed by atoms with Crippen molar-refractivity contribution in [2.45, 2.75) is 31.2 Å². The van der Waals surface area contributed by atoms with Gasteiger partial charge in [-0.25, -0.2) is 12.7 Å². The number of nitrogens with one attached hydrogen (secondary N) is 1. The molecule has 1 N–H and O–H groups in total. The quantitative estimate of drug-likeness (QED) is 0.821. The molecule has 0 aliphatic heterocycles. The van der Waals surface area contributed by atoms with Crippen molar-refractivity contribution in [1.29, 1.82) is 0 Å². The Bertz CT molecular complexity index is 616.